The van der Waals surface area contributed by atoms with E-state index in [4.69, 9.17) is 0 Å². The van der Waals surface area contributed by atoms with E-state index in [-0.39, 0.29) is 0 Å². The predicted octanol–water partition coefficient (Wildman–Crippen LogP) is 3.01. The molecule has 1 aliphatic heterocycles. The quantitative estimate of drug-likeness (QED) is 0.795. The molecule has 2 nitrogen and oxygen atoms in total. The molecular weight excluding hydrogens is 232 g/mol. The molecule has 0 aromatic heterocycles. The van der Waals surface area contributed by atoms with Crippen LogP contribution in [0, 0.1) is 33.6 Å². The second-order valence-corrected chi connectivity index (χ2v) is 6.06. The molecule has 1 unspecified atom stereocenters. The summed E-state index contributed by atoms with van der Waals surface area (Å²) in [6.07, 6.45) is 2.65. The molecule has 2 rings (SSSR count). The first-order valence-electron chi connectivity index (χ1n) is 7.57. The van der Waals surface area contributed by atoms with E-state index < -0.39 is 0 Å². The number of hydrogen-bond donors (Lipinski definition) is 2. The summed E-state index contributed by atoms with van der Waals surface area (Å²) in [7, 11) is 0. The molecule has 0 aliphatic carbocycles. The van der Waals surface area contributed by atoms with Crippen LogP contribution in [-0.4, -0.2) is 19.6 Å². The zero-order valence-electron chi connectivity index (χ0n) is 12.9. The smallest absolute Gasteiger partial charge is 0.0210 e. The van der Waals surface area contributed by atoms with Gasteiger partial charge in [-0.15, -0.1) is 0 Å². The summed E-state index contributed by atoms with van der Waals surface area (Å²) < 4.78 is 0. The molecule has 1 saturated heterocycles. The minimum Gasteiger partial charge on any atom is -0.316 e. The van der Waals surface area contributed by atoms with Crippen LogP contribution in [0.1, 0.15) is 40.7 Å². The maximum atomic E-state index is 3.64. The molecule has 19 heavy (non-hydrogen) atoms. The molecule has 0 saturated carbocycles. The zero-order valence-corrected chi connectivity index (χ0v) is 12.9. The molecule has 2 N–H and O–H groups in total. The van der Waals surface area contributed by atoms with Gasteiger partial charge in [0.1, 0.15) is 0 Å². The van der Waals surface area contributed by atoms with Crippen molar-refractivity contribution >= 4 is 0 Å². The highest BCUT2D eigenvalue weighted by Gasteiger charge is 2.13. The summed E-state index contributed by atoms with van der Waals surface area (Å²) >= 11 is 0. The maximum Gasteiger partial charge on any atom is 0.0210 e. The van der Waals surface area contributed by atoms with Crippen LogP contribution >= 0.6 is 0 Å². The summed E-state index contributed by atoms with van der Waals surface area (Å²) in [5, 5.41) is 7.07. The fourth-order valence-electron chi connectivity index (χ4n) is 3.04. The fraction of sp³-hybridized carbons (Fsp3) is 0.647. The number of hydrogen-bond acceptors (Lipinski definition) is 2. The molecule has 1 heterocycles. The largest absolute Gasteiger partial charge is 0.316 e. The number of rotatable bonds is 5. The van der Waals surface area contributed by atoms with Crippen molar-refractivity contribution in [3.63, 3.8) is 0 Å². The van der Waals surface area contributed by atoms with Crippen molar-refractivity contribution < 1.29 is 0 Å². The van der Waals surface area contributed by atoms with Gasteiger partial charge in [-0.2, -0.15) is 0 Å². The Bertz CT molecular complexity index is 405. The third-order valence-electron chi connectivity index (χ3n) is 4.71. The van der Waals surface area contributed by atoms with Gasteiger partial charge >= 0.3 is 0 Å². The lowest BCUT2D eigenvalue weighted by Crippen LogP contribution is -2.20. The highest BCUT2D eigenvalue weighted by molar-refractivity contribution is 5.43. The van der Waals surface area contributed by atoms with Gasteiger partial charge < -0.3 is 10.6 Å². The van der Waals surface area contributed by atoms with Crippen molar-refractivity contribution in [1.29, 1.82) is 0 Å². The monoisotopic (exact) mass is 260 g/mol. The molecule has 1 atom stereocenters. The minimum atomic E-state index is 0.883. The van der Waals surface area contributed by atoms with Crippen LogP contribution < -0.4 is 10.6 Å². The Morgan fingerprint density at radius 3 is 2.42 bits per heavy atom. The average molecular weight is 260 g/mol. The average Bonchev–Trinajstić information content (AvgIpc) is 2.89. The van der Waals surface area contributed by atoms with Crippen molar-refractivity contribution in [2.45, 2.75) is 47.1 Å². The normalized spacial score (nSPS) is 19.1. The van der Waals surface area contributed by atoms with Gasteiger partial charge in [-0.25, -0.2) is 0 Å². The van der Waals surface area contributed by atoms with Crippen molar-refractivity contribution in [2.24, 2.45) is 5.92 Å². The van der Waals surface area contributed by atoms with E-state index in [2.05, 4.69) is 44.4 Å². The number of aryl methyl sites for hydroxylation is 2. The van der Waals surface area contributed by atoms with Crippen LogP contribution in [-0.2, 0) is 6.54 Å². The van der Waals surface area contributed by atoms with E-state index >= 15 is 0 Å². The second-order valence-electron chi connectivity index (χ2n) is 6.06. The topological polar surface area (TPSA) is 24.1 Å². The standard InChI is InChI=1S/C17H28N2/c1-12-9-13(2)15(4)17(14(12)3)11-19-8-6-16-5-7-18-10-16/h9,16,18-19H,5-8,10-11H2,1-4H3. The molecule has 1 aromatic rings. The van der Waals surface area contributed by atoms with E-state index in [1.54, 1.807) is 0 Å². The molecule has 1 aliphatic rings. The maximum absolute atomic E-state index is 3.64. The third-order valence-corrected chi connectivity index (χ3v) is 4.71. The molecule has 0 bridgehead atoms. The summed E-state index contributed by atoms with van der Waals surface area (Å²) in [5.41, 5.74) is 7.25. The van der Waals surface area contributed by atoms with E-state index in [0.717, 1.165) is 19.0 Å². The van der Waals surface area contributed by atoms with Crippen molar-refractivity contribution in [1.82, 2.24) is 10.6 Å². The Kier molecular flexibility index (Phi) is 5.00. The Balaban J connectivity index is 1.88. The molecule has 2 heteroatoms. The minimum absolute atomic E-state index is 0.883. The molecule has 1 fully saturated rings. The lowest BCUT2D eigenvalue weighted by atomic mass is 9.94. The van der Waals surface area contributed by atoms with Gasteiger partial charge in [-0.1, -0.05) is 6.07 Å². The van der Waals surface area contributed by atoms with Gasteiger partial charge in [0.2, 0.25) is 0 Å². The van der Waals surface area contributed by atoms with Crippen LogP contribution in [0.15, 0.2) is 6.07 Å². The number of benzene rings is 1. The zero-order chi connectivity index (χ0) is 13.8. The highest BCUT2D eigenvalue weighted by Crippen LogP contribution is 2.21. The van der Waals surface area contributed by atoms with E-state index in [1.165, 1.54) is 53.7 Å². The first-order chi connectivity index (χ1) is 9.09. The lowest BCUT2D eigenvalue weighted by molar-refractivity contribution is 0.499. The highest BCUT2D eigenvalue weighted by atomic mass is 14.9. The first-order valence-corrected chi connectivity index (χ1v) is 7.57. The molecule has 0 radical (unpaired) electrons. The van der Waals surface area contributed by atoms with E-state index in [0.29, 0.717) is 0 Å². The fourth-order valence-corrected chi connectivity index (χ4v) is 3.04. The van der Waals surface area contributed by atoms with E-state index in [9.17, 15) is 0 Å². The van der Waals surface area contributed by atoms with E-state index in [1.807, 2.05) is 0 Å². The summed E-state index contributed by atoms with van der Waals surface area (Å²) in [4.78, 5) is 0. The third kappa shape index (κ3) is 3.58. The molecule has 0 amide bonds. The van der Waals surface area contributed by atoms with Crippen molar-refractivity contribution in [3.8, 4) is 0 Å². The summed E-state index contributed by atoms with van der Waals surface area (Å²) in [5.74, 6) is 0.883. The van der Waals surface area contributed by atoms with Gasteiger partial charge in [0.15, 0.2) is 0 Å². The van der Waals surface area contributed by atoms with Gasteiger partial charge in [-0.3, -0.25) is 0 Å². The summed E-state index contributed by atoms with van der Waals surface area (Å²) in [6, 6.07) is 2.30. The Hall–Kier alpha value is -0.860. The lowest BCUT2D eigenvalue weighted by Gasteiger charge is -2.16. The van der Waals surface area contributed by atoms with Crippen LogP contribution in [0.3, 0.4) is 0 Å². The van der Waals surface area contributed by atoms with Crippen LogP contribution in [0.2, 0.25) is 0 Å². The summed E-state index contributed by atoms with van der Waals surface area (Å²) in [6.45, 7) is 13.5. The molecule has 106 valence electrons. The molecule has 0 spiro atoms. The van der Waals surface area contributed by atoms with Crippen molar-refractivity contribution in [2.75, 3.05) is 19.6 Å². The van der Waals surface area contributed by atoms with Gasteiger partial charge in [0, 0.05) is 6.54 Å². The Morgan fingerprint density at radius 2 is 1.84 bits per heavy atom. The predicted molar refractivity (Wildman–Crippen MR) is 82.7 cm³/mol. The van der Waals surface area contributed by atoms with Crippen molar-refractivity contribution in [3.05, 3.63) is 33.9 Å². The Labute approximate surface area is 118 Å². The number of nitrogens with one attached hydrogen (secondary N) is 2. The van der Waals surface area contributed by atoms with Gasteiger partial charge in [-0.05, 0) is 93.9 Å². The second kappa shape index (κ2) is 6.53. The van der Waals surface area contributed by atoms with Crippen LogP contribution in [0.5, 0.6) is 0 Å². The SMILES string of the molecule is Cc1cc(C)c(C)c(CNCCC2CCNC2)c1C. The Morgan fingerprint density at radius 1 is 1.16 bits per heavy atom. The van der Waals surface area contributed by atoms with Gasteiger partial charge in [0.25, 0.3) is 0 Å². The van der Waals surface area contributed by atoms with Crippen LogP contribution in [0.25, 0.3) is 0 Å². The molecular formula is C17H28N2. The first kappa shape index (κ1) is 14.5. The molecule has 1 aromatic carbocycles. The van der Waals surface area contributed by atoms with Crippen LogP contribution in [0.4, 0.5) is 0 Å². The van der Waals surface area contributed by atoms with Gasteiger partial charge in [0.05, 0.1) is 0 Å².